The predicted octanol–water partition coefficient (Wildman–Crippen LogP) is 2.14. The van der Waals surface area contributed by atoms with Crippen molar-refractivity contribution >= 4 is 11.8 Å². The number of nitrogens with one attached hydrogen (secondary N) is 1. The number of benzene rings is 1. The first-order chi connectivity index (χ1) is 12.1. The van der Waals surface area contributed by atoms with Gasteiger partial charge in [-0.05, 0) is 37.0 Å². The van der Waals surface area contributed by atoms with Crippen LogP contribution in [-0.2, 0) is 16.0 Å². The lowest BCUT2D eigenvalue weighted by Crippen LogP contribution is -2.50. The summed E-state index contributed by atoms with van der Waals surface area (Å²) in [5, 5.41) is 3.05. The van der Waals surface area contributed by atoms with E-state index in [1.807, 2.05) is 29.2 Å². The number of nitrogens with zero attached hydrogens (tertiary/aromatic N) is 1. The summed E-state index contributed by atoms with van der Waals surface area (Å²) in [7, 11) is 1.65. The van der Waals surface area contributed by atoms with Gasteiger partial charge in [-0.25, -0.2) is 0 Å². The number of carbonyl (C=O) groups is 2. The Labute approximate surface area is 148 Å². The van der Waals surface area contributed by atoms with Crippen LogP contribution in [0.5, 0.6) is 5.75 Å². The Morgan fingerprint density at radius 2 is 2.12 bits per heavy atom. The van der Waals surface area contributed by atoms with Gasteiger partial charge in [-0.2, -0.15) is 0 Å². The molecule has 2 saturated heterocycles. The molecule has 1 N–H and O–H groups in total. The fourth-order valence-corrected chi connectivity index (χ4v) is 5.16. The van der Waals surface area contributed by atoms with Gasteiger partial charge in [0.05, 0.1) is 12.5 Å². The Bertz CT molecular complexity index is 672. The Hall–Kier alpha value is -2.04. The van der Waals surface area contributed by atoms with Crippen LogP contribution in [-0.4, -0.2) is 43.0 Å². The molecular weight excluding hydrogens is 316 g/mol. The van der Waals surface area contributed by atoms with Gasteiger partial charge in [0, 0.05) is 31.5 Å². The molecule has 134 valence electrons. The molecule has 1 saturated carbocycles. The molecule has 0 aromatic heterocycles. The monoisotopic (exact) mass is 342 g/mol. The van der Waals surface area contributed by atoms with Crippen LogP contribution in [0.4, 0.5) is 0 Å². The maximum absolute atomic E-state index is 12.9. The Kier molecular flexibility index (Phi) is 4.18. The normalized spacial score (nSPS) is 30.6. The fourth-order valence-electron chi connectivity index (χ4n) is 5.16. The third kappa shape index (κ3) is 2.60. The first-order valence-electron chi connectivity index (χ1n) is 9.36. The number of amides is 2. The lowest BCUT2D eigenvalue weighted by atomic mass is 9.67. The number of ether oxygens (including phenoxy) is 1. The van der Waals surface area contributed by atoms with Crippen molar-refractivity contribution < 1.29 is 14.3 Å². The summed E-state index contributed by atoms with van der Waals surface area (Å²) in [4.78, 5) is 27.5. The number of aryl methyl sites for hydroxylation is 1. The number of likely N-dealkylation sites (tertiary alicyclic amines) is 1. The minimum Gasteiger partial charge on any atom is -0.497 e. The molecule has 2 aliphatic heterocycles. The van der Waals surface area contributed by atoms with E-state index in [-0.39, 0.29) is 23.3 Å². The maximum Gasteiger partial charge on any atom is 0.228 e. The van der Waals surface area contributed by atoms with Crippen LogP contribution in [0.1, 0.15) is 37.7 Å². The van der Waals surface area contributed by atoms with Gasteiger partial charge in [0.15, 0.2) is 0 Å². The average molecular weight is 342 g/mol. The molecule has 3 fully saturated rings. The first kappa shape index (κ1) is 16.4. The van der Waals surface area contributed by atoms with Gasteiger partial charge < -0.3 is 15.0 Å². The van der Waals surface area contributed by atoms with Crippen LogP contribution in [0.15, 0.2) is 24.3 Å². The zero-order valence-corrected chi connectivity index (χ0v) is 14.8. The number of hydrogen-bond acceptors (Lipinski definition) is 3. The minimum absolute atomic E-state index is 0.108. The van der Waals surface area contributed by atoms with E-state index >= 15 is 0 Å². The molecule has 25 heavy (non-hydrogen) atoms. The second kappa shape index (κ2) is 6.36. The highest BCUT2D eigenvalue weighted by molar-refractivity contribution is 5.89. The molecule has 0 radical (unpaired) electrons. The summed E-state index contributed by atoms with van der Waals surface area (Å²) in [6.45, 7) is 1.47. The van der Waals surface area contributed by atoms with Gasteiger partial charge in [-0.1, -0.05) is 25.0 Å². The summed E-state index contributed by atoms with van der Waals surface area (Å²) < 4.78 is 5.17. The van der Waals surface area contributed by atoms with E-state index in [1.54, 1.807) is 7.11 Å². The Balaban J connectivity index is 1.44. The van der Waals surface area contributed by atoms with Crippen molar-refractivity contribution in [3.8, 4) is 5.75 Å². The highest BCUT2D eigenvalue weighted by Gasteiger charge is 2.62. The van der Waals surface area contributed by atoms with Gasteiger partial charge in [0.2, 0.25) is 11.8 Å². The molecule has 1 aromatic carbocycles. The number of rotatable bonds is 4. The number of hydrogen-bond donors (Lipinski definition) is 1. The fraction of sp³-hybridized carbons (Fsp3) is 0.600. The third-order valence-corrected chi connectivity index (χ3v) is 6.47. The molecule has 0 bridgehead atoms. The molecule has 4 rings (SSSR count). The molecule has 3 aliphatic rings. The summed E-state index contributed by atoms with van der Waals surface area (Å²) >= 11 is 0. The van der Waals surface area contributed by atoms with Gasteiger partial charge >= 0.3 is 0 Å². The van der Waals surface area contributed by atoms with Gasteiger partial charge in [0.1, 0.15) is 5.75 Å². The molecule has 2 amide bonds. The van der Waals surface area contributed by atoms with E-state index in [4.69, 9.17) is 4.74 Å². The van der Waals surface area contributed by atoms with Crippen molar-refractivity contribution in [2.24, 2.45) is 11.3 Å². The van der Waals surface area contributed by atoms with Crippen molar-refractivity contribution in [3.63, 3.8) is 0 Å². The zero-order valence-electron chi connectivity index (χ0n) is 14.8. The van der Waals surface area contributed by atoms with Crippen LogP contribution in [0.3, 0.4) is 0 Å². The van der Waals surface area contributed by atoms with Crippen molar-refractivity contribution in [1.29, 1.82) is 0 Å². The lowest BCUT2D eigenvalue weighted by Gasteiger charge is -2.39. The van der Waals surface area contributed by atoms with E-state index in [0.29, 0.717) is 12.3 Å². The third-order valence-electron chi connectivity index (χ3n) is 6.47. The molecule has 1 aliphatic carbocycles. The number of carbonyl (C=O) groups excluding carboxylic acids is 2. The quantitative estimate of drug-likeness (QED) is 0.912. The molecule has 0 unspecified atom stereocenters. The Morgan fingerprint density at radius 3 is 2.88 bits per heavy atom. The molecule has 3 atom stereocenters. The molecule has 1 spiro atoms. The van der Waals surface area contributed by atoms with Crippen molar-refractivity contribution in [2.75, 3.05) is 20.2 Å². The van der Waals surface area contributed by atoms with Crippen molar-refractivity contribution in [2.45, 2.75) is 44.6 Å². The zero-order chi connectivity index (χ0) is 17.4. The highest BCUT2D eigenvalue weighted by Crippen LogP contribution is 2.52. The van der Waals surface area contributed by atoms with Gasteiger partial charge in [-0.15, -0.1) is 0 Å². The van der Waals surface area contributed by atoms with Gasteiger partial charge in [0.25, 0.3) is 0 Å². The topological polar surface area (TPSA) is 58.6 Å². The molecular formula is C20H26N2O3. The average Bonchev–Trinajstić information content (AvgIpc) is 3.14. The molecule has 1 aromatic rings. The first-order valence-corrected chi connectivity index (χ1v) is 9.36. The van der Waals surface area contributed by atoms with E-state index in [9.17, 15) is 9.59 Å². The van der Waals surface area contributed by atoms with Crippen LogP contribution >= 0.6 is 0 Å². The van der Waals surface area contributed by atoms with Crippen LogP contribution in [0.25, 0.3) is 0 Å². The Morgan fingerprint density at radius 1 is 1.32 bits per heavy atom. The lowest BCUT2D eigenvalue weighted by molar-refractivity contribution is -0.137. The van der Waals surface area contributed by atoms with Crippen molar-refractivity contribution in [1.82, 2.24) is 10.2 Å². The summed E-state index contributed by atoms with van der Waals surface area (Å²) in [6.07, 6.45) is 5.38. The summed E-state index contributed by atoms with van der Waals surface area (Å²) in [5.41, 5.74) is 0.846. The largest absolute Gasteiger partial charge is 0.497 e. The van der Waals surface area contributed by atoms with Crippen LogP contribution < -0.4 is 10.1 Å². The van der Waals surface area contributed by atoms with Crippen molar-refractivity contribution in [3.05, 3.63) is 29.8 Å². The second-order valence-electron chi connectivity index (χ2n) is 7.60. The SMILES string of the molecule is COc1ccc(CCC(=O)N2C[C@H]3CNC(=O)[C@]34CCCC[C@@H]24)cc1. The highest BCUT2D eigenvalue weighted by atomic mass is 16.5. The van der Waals surface area contributed by atoms with Crippen LogP contribution in [0, 0.1) is 11.3 Å². The molecule has 2 heterocycles. The summed E-state index contributed by atoms with van der Waals surface area (Å²) in [5.74, 6) is 1.52. The maximum atomic E-state index is 12.9. The number of methoxy groups -OCH3 is 1. The van der Waals surface area contributed by atoms with E-state index < -0.39 is 0 Å². The van der Waals surface area contributed by atoms with E-state index in [1.165, 1.54) is 0 Å². The molecule has 5 heteroatoms. The molecule has 5 nitrogen and oxygen atoms in total. The predicted molar refractivity (Wildman–Crippen MR) is 94.2 cm³/mol. The summed E-state index contributed by atoms with van der Waals surface area (Å²) in [6, 6.07) is 8.00. The second-order valence-corrected chi connectivity index (χ2v) is 7.60. The van der Waals surface area contributed by atoms with E-state index in [0.717, 1.165) is 56.5 Å². The van der Waals surface area contributed by atoms with E-state index in [2.05, 4.69) is 5.32 Å². The smallest absolute Gasteiger partial charge is 0.228 e. The standard InChI is InChI=1S/C20H26N2O3/c1-25-16-8-5-14(6-9-16)7-10-18(23)22-13-15-12-21-19(24)20(15)11-3-2-4-17(20)22/h5-6,8-9,15,17H,2-4,7,10-13H2,1H3,(H,21,24)/t15-,17-,20-/m1/s1. The minimum atomic E-state index is -0.298. The van der Waals surface area contributed by atoms with Crippen LogP contribution in [0.2, 0.25) is 0 Å². The van der Waals surface area contributed by atoms with Gasteiger partial charge in [-0.3, -0.25) is 9.59 Å².